The van der Waals surface area contributed by atoms with Gasteiger partial charge in [-0.05, 0) is 19.3 Å². The summed E-state index contributed by atoms with van der Waals surface area (Å²) in [6.07, 6.45) is 1.02. The fourth-order valence-electron chi connectivity index (χ4n) is 2.53. The van der Waals surface area contributed by atoms with Gasteiger partial charge < -0.3 is 9.64 Å². The molecule has 0 aromatic carbocycles. The van der Waals surface area contributed by atoms with Crippen LogP contribution in [-0.4, -0.2) is 42.6 Å². The van der Waals surface area contributed by atoms with Crippen molar-refractivity contribution in [2.45, 2.75) is 20.3 Å². The lowest BCUT2D eigenvalue weighted by Gasteiger charge is -2.14. The van der Waals surface area contributed by atoms with E-state index in [2.05, 4.69) is 23.7 Å². The zero-order valence-corrected chi connectivity index (χ0v) is 12.0. The smallest absolute Gasteiger partial charge is 0.310 e. The molecule has 0 amide bonds. The van der Waals surface area contributed by atoms with Crippen LogP contribution in [0, 0.1) is 18.8 Å². The molecule has 1 aliphatic rings. The Labute approximate surface area is 112 Å². The van der Waals surface area contributed by atoms with Crippen molar-refractivity contribution in [1.82, 2.24) is 9.88 Å². The molecule has 5 heteroatoms. The molecular formula is C13H20N2O2S. The van der Waals surface area contributed by atoms with Gasteiger partial charge in [-0.15, -0.1) is 11.3 Å². The van der Waals surface area contributed by atoms with Crippen LogP contribution < -0.4 is 0 Å². The van der Waals surface area contributed by atoms with E-state index in [1.165, 1.54) is 12.0 Å². The number of carbonyl (C=O) groups is 1. The molecule has 100 valence electrons. The van der Waals surface area contributed by atoms with Crippen LogP contribution in [0.5, 0.6) is 0 Å². The minimum Gasteiger partial charge on any atom is -0.469 e. The van der Waals surface area contributed by atoms with Crippen LogP contribution in [0.4, 0.5) is 0 Å². The van der Waals surface area contributed by atoms with E-state index in [-0.39, 0.29) is 11.9 Å². The second kappa shape index (κ2) is 5.80. The first-order valence-electron chi connectivity index (χ1n) is 6.31. The van der Waals surface area contributed by atoms with Crippen molar-refractivity contribution in [2.75, 3.05) is 26.7 Å². The number of aromatic nitrogens is 1. The summed E-state index contributed by atoms with van der Waals surface area (Å²) in [5, 5.41) is 0. The first kappa shape index (κ1) is 13.5. The number of aryl methyl sites for hydroxylation is 1. The molecule has 4 nitrogen and oxygen atoms in total. The third-order valence-corrected chi connectivity index (χ3v) is 4.69. The highest BCUT2D eigenvalue weighted by Gasteiger charge is 2.35. The van der Waals surface area contributed by atoms with Gasteiger partial charge in [-0.1, -0.05) is 6.92 Å². The summed E-state index contributed by atoms with van der Waals surface area (Å²) in [5.74, 6) is 0.358. The van der Waals surface area contributed by atoms with Crippen LogP contribution in [-0.2, 0) is 16.0 Å². The standard InChI is InChI=1S/C13H20N2O2S/c1-9-6-15(7-11(9)13(16)17-3)5-4-12-10(2)14-8-18-12/h8-9,11H,4-7H2,1-3H3. The van der Waals surface area contributed by atoms with Crippen LogP contribution in [0.1, 0.15) is 17.5 Å². The highest BCUT2D eigenvalue weighted by molar-refractivity contribution is 7.09. The Morgan fingerprint density at radius 1 is 1.61 bits per heavy atom. The van der Waals surface area contributed by atoms with Gasteiger partial charge in [-0.25, -0.2) is 4.98 Å². The number of nitrogens with zero attached hydrogens (tertiary/aromatic N) is 2. The van der Waals surface area contributed by atoms with Crippen molar-refractivity contribution in [3.8, 4) is 0 Å². The third-order valence-electron chi connectivity index (χ3n) is 3.69. The molecule has 1 saturated heterocycles. The molecule has 0 bridgehead atoms. The van der Waals surface area contributed by atoms with Crippen molar-refractivity contribution in [1.29, 1.82) is 0 Å². The summed E-state index contributed by atoms with van der Waals surface area (Å²) < 4.78 is 4.85. The van der Waals surface area contributed by atoms with E-state index in [9.17, 15) is 4.79 Å². The summed E-state index contributed by atoms with van der Waals surface area (Å²) >= 11 is 1.72. The summed E-state index contributed by atoms with van der Waals surface area (Å²) in [4.78, 5) is 19.6. The van der Waals surface area contributed by atoms with Crippen LogP contribution in [0.3, 0.4) is 0 Å². The molecule has 0 aliphatic carbocycles. The topological polar surface area (TPSA) is 42.4 Å². The lowest BCUT2D eigenvalue weighted by Crippen LogP contribution is -2.26. The Morgan fingerprint density at radius 2 is 2.39 bits per heavy atom. The summed E-state index contributed by atoms with van der Waals surface area (Å²) in [6.45, 7) is 6.99. The van der Waals surface area contributed by atoms with Gasteiger partial charge in [0.1, 0.15) is 0 Å². The highest BCUT2D eigenvalue weighted by atomic mass is 32.1. The predicted molar refractivity (Wildman–Crippen MR) is 71.7 cm³/mol. The maximum atomic E-state index is 11.6. The number of thiazole rings is 1. The third kappa shape index (κ3) is 2.90. The first-order valence-corrected chi connectivity index (χ1v) is 7.19. The Hall–Kier alpha value is -0.940. The number of rotatable bonds is 4. The van der Waals surface area contributed by atoms with E-state index in [0.717, 1.165) is 31.7 Å². The monoisotopic (exact) mass is 268 g/mol. The van der Waals surface area contributed by atoms with Crippen molar-refractivity contribution >= 4 is 17.3 Å². The summed E-state index contributed by atoms with van der Waals surface area (Å²) in [6, 6.07) is 0. The van der Waals surface area contributed by atoms with Crippen LogP contribution in [0.2, 0.25) is 0 Å². The molecule has 0 saturated carbocycles. The molecule has 0 N–H and O–H groups in total. The number of esters is 1. The predicted octanol–water partition coefficient (Wildman–Crippen LogP) is 1.73. The summed E-state index contributed by atoms with van der Waals surface area (Å²) in [5.41, 5.74) is 3.03. The lowest BCUT2D eigenvalue weighted by atomic mass is 9.99. The Kier molecular flexibility index (Phi) is 4.35. The molecule has 1 fully saturated rings. The van der Waals surface area contributed by atoms with Crippen LogP contribution in [0.15, 0.2) is 5.51 Å². The zero-order valence-electron chi connectivity index (χ0n) is 11.2. The van der Waals surface area contributed by atoms with Crippen molar-refractivity contribution in [3.05, 3.63) is 16.1 Å². The number of carbonyl (C=O) groups excluding carboxylic acids is 1. The quantitative estimate of drug-likeness (QED) is 0.780. The fraction of sp³-hybridized carbons (Fsp3) is 0.692. The SMILES string of the molecule is COC(=O)C1CN(CCc2scnc2C)CC1C. The minimum absolute atomic E-state index is 0.0394. The molecule has 2 rings (SSSR count). The summed E-state index contributed by atoms with van der Waals surface area (Å²) in [7, 11) is 1.47. The Morgan fingerprint density at radius 3 is 3.00 bits per heavy atom. The van der Waals surface area contributed by atoms with E-state index >= 15 is 0 Å². The molecule has 1 aliphatic heterocycles. The molecular weight excluding hydrogens is 248 g/mol. The Bertz CT molecular complexity index is 419. The largest absolute Gasteiger partial charge is 0.469 e. The van der Waals surface area contributed by atoms with E-state index in [1.807, 2.05) is 5.51 Å². The number of likely N-dealkylation sites (tertiary alicyclic amines) is 1. The molecule has 2 unspecified atom stereocenters. The Balaban J connectivity index is 1.86. The van der Waals surface area contributed by atoms with Gasteiger partial charge in [0.15, 0.2) is 0 Å². The average Bonchev–Trinajstić information content (AvgIpc) is 2.92. The van der Waals surface area contributed by atoms with E-state index in [0.29, 0.717) is 5.92 Å². The fourth-order valence-corrected chi connectivity index (χ4v) is 3.30. The maximum Gasteiger partial charge on any atom is 0.310 e. The van der Waals surface area contributed by atoms with Crippen molar-refractivity contribution in [3.63, 3.8) is 0 Å². The number of hydrogen-bond donors (Lipinski definition) is 0. The molecule has 1 aromatic heterocycles. The van der Waals surface area contributed by atoms with Crippen molar-refractivity contribution in [2.24, 2.45) is 11.8 Å². The zero-order chi connectivity index (χ0) is 13.1. The van der Waals surface area contributed by atoms with Crippen LogP contribution >= 0.6 is 11.3 Å². The second-order valence-corrected chi connectivity index (χ2v) is 5.92. The van der Waals surface area contributed by atoms with Gasteiger partial charge in [0, 0.05) is 24.5 Å². The first-order chi connectivity index (χ1) is 8.61. The molecule has 2 atom stereocenters. The number of hydrogen-bond acceptors (Lipinski definition) is 5. The average molecular weight is 268 g/mol. The highest BCUT2D eigenvalue weighted by Crippen LogP contribution is 2.24. The van der Waals surface area contributed by atoms with Gasteiger partial charge in [-0.3, -0.25) is 4.79 Å². The molecule has 18 heavy (non-hydrogen) atoms. The van der Waals surface area contributed by atoms with Gasteiger partial charge in [0.2, 0.25) is 0 Å². The van der Waals surface area contributed by atoms with Crippen molar-refractivity contribution < 1.29 is 9.53 Å². The van der Waals surface area contributed by atoms with Gasteiger partial charge >= 0.3 is 5.97 Å². The lowest BCUT2D eigenvalue weighted by molar-refractivity contribution is -0.146. The molecule has 1 aromatic rings. The van der Waals surface area contributed by atoms with E-state index in [1.54, 1.807) is 11.3 Å². The molecule has 0 spiro atoms. The minimum atomic E-state index is -0.0704. The maximum absolute atomic E-state index is 11.6. The van der Waals surface area contributed by atoms with Gasteiger partial charge in [0.25, 0.3) is 0 Å². The molecule has 0 radical (unpaired) electrons. The molecule has 2 heterocycles. The number of ether oxygens (including phenoxy) is 1. The number of methoxy groups -OCH3 is 1. The van der Waals surface area contributed by atoms with Gasteiger partial charge in [0.05, 0.1) is 24.2 Å². The van der Waals surface area contributed by atoms with Crippen LogP contribution in [0.25, 0.3) is 0 Å². The van der Waals surface area contributed by atoms with E-state index in [4.69, 9.17) is 4.74 Å². The van der Waals surface area contributed by atoms with E-state index < -0.39 is 0 Å². The van der Waals surface area contributed by atoms with Gasteiger partial charge in [-0.2, -0.15) is 0 Å². The normalized spacial score (nSPS) is 24.4. The second-order valence-electron chi connectivity index (χ2n) is 4.98.